The maximum absolute atomic E-state index is 12.2. The predicted octanol–water partition coefficient (Wildman–Crippen LogP) is 3.63. The zero-order valence-electron chi connectivity index (χ0n) is 18.2. The van der Waals surface area contributed by atoms with Crippen LogP contribution in [-0.4, -0.2) is 54.2 Å². The maximum Gasteiger partial charge on any atom is 0.407 e. The number of rotatable bonds is 8. The number of nitrogens with one attached hydrogen (secondary N) is 1. The van der Waals surface area contributed by atoms with Gasteiger partial charge in [0.1, 0.15) is 6.61 Å². The number of carbonyl (C=O) groups excluding carboxylic acids is 2. The van der Waals surface area contributed by atoms with Crippen molar-refractivity contribution >= 4 is 18.0 Å². The number of carboxylic acids is 1. The van der Waals surface area contributed by atoms with Crippen molar-refractivity contribution in [3.05, 3.63) is 59.7 Å². The topological polar surface area (TPSA) is 95.9 Å². The van der Waals surface area contributed by atoms with Crippen molar-refractivity contribution in [1.82, 2.24) is 10.2 Å². The first-order chi connectivity index (χ1) is 15.4. The fourth-order valence-electron chi connectivity index (χ4n) is 4.51. The molecule has 0 radical (unpaired) electrons. The molecule has 2 N–H and O–H groups in total. The van der Waals surface area contributed by atoms with Crippen molar-refractivity contribution in [1.29, 1.82) is 0 Å². The van der Waals surface area contributed by atoms with Crippen LogP contribution < -0.4 is 5.32 Å². The summed E-state index contributed by atoms with van der Waals surface area (Å²) in [7, 11) is 0. The van der Waals surface area contributed by atoms with Crippen LogP contribution in [0, 0.1) is 5.41 Å². The molecule has 2 aromatic rings. The Kier molecular flexibility index (Phi) is 6.17. The Morgan fingerprint density at radius 1 is 1.03 bits per heavy atom. The number of carboxylic acid groups (broad SMARTS) is 1. The average molecular weight is 437 g/mol. The Morgan fingerprint density at radius 2 is 1.62 bits per heavy atom. The van der Waals surface area contributed by atoms with Crippen LogP contribution in [0.3, 0.4) is 0 Å². The van der Waals surface area contributed by atoms with Crippen molar-refractivity contribution in [3.8, 4) is 11.1 Å². The summed E-state index contributed by atoms with van der Waals surface area (Å²) in [6, 6.07) is 16.4. The van der Waals surface area contributed by atoms with Crippen LogP contribution in [0.5, 0.6) is 0 Å². The van der Waals surface area contributed by atoms with Gasteiger partial charge in [0.05, 0.1) is 5.41 Å². The van der Waals surface area contributed by atoms with Crippen molar-refractivity contribution in [2.24, 2.45) is 5.41 Å². The lowest BCUT2D eigenvalue weighted by atomic mass is 9.82. The molecule has 7 heteroatoms. The Bertz CT molecular complexity index is 983. The van der Waals surface area contributed by atoms with E-state index < -0.39 is 17.5 Å². The van der Waals surface area contributed by atoms with Crippen molar-refractivity contribution in [2.45, 2.75) is 32.1 Å². The third kappa shape index (κ3) is 4.33. The van der Waals surface area contributed by atoms with Gasteiger partial charge < -0.3 is 20.1 Å². The Morgan fingerprint density at radius 3 is 2.22 bits per heavy atom. The van der Waals surface area contributed by atoms with Gasteiger partial charge in [-0.3, -0.25) is 9.59 Å². The van der Waals surface area contributed by atoms with Gasteiger partial charge in [-0.1, -0.05) is 48.5 Å². The first-order valence-corrected chi connectivity index (χ1v) is 11.0. The Labute approximate surface area is 187 Å². The second-order valence-corrected chi connectivity index (χ2v) is 8.83. The van der Waals surface area contributed by atoms with Crippen LogP contribution in [0.1, 0.15) is 43.2 Å². The Balaban J connectivity index is 1.16. The summed E-state index contributed by atoms with van der Waals surface area (Å²) < 4.78 is 5.50. The van der Waals surface area contributed by atoms with Gasteiger partial charge in [-0.25, -0.2) is 4.79 Å². The van der Waals surface area contributed by atoms with E-state index in [0.29, 0.717) is 25.8 Å². The van der Waals surface area contributed by atoms with Gasteiger partial charge in [0.25, 0.3) is 0 Å². The van der Waals surface area contributed by atoms with Crippen LogP contribution in [-0.2, 0) is 14.3 Å². The monoisotopic (exact) mass is 436 g/mol. The zero-order valence-corrected chi connectivity index (χ0v) is 18.2. The second-order valence-electron chi connectivity index (χ2n) is 8.83. The minimum atomic E-state index is -0.867. The van der Waals surface area contributed by atoms with Crippen LogP contribution in [0.15, 0.2) is 48.5 Å². The van der Waals surface area contributed by atoms with Gasteiger partial charge in [-0.15, -0.1) is 0 Å². The van der Waals surface area contributed by atoms with E-state index in [1.165, 1.54) is 22.3 Å². The van der Waals surface area contributed by atoms with Crippen LogP contribution >= 0.6 is 0 Å². The molecular weight excluding hydrogens is 408 g/mol. The number of likely N-dealkylation sites (tertiary alicyclic amines) is 1. The molecule has 32 heavy (non-hydrogen) atoms. The van der Waals surface area contributed by atoms with Gasteiger partial charge in [0, 0.05) is 32.0 Å². The number of amides is 2. The maximum atomic E-state index is 12.2. The highest BCUT2D eigenvalue weighted by molar-refractivity contribution is 5.83. The van der Waals surface area contributed by atoms with Crippen molar-refractivity contribution in [2.75, 3.05) is 26.2 Å². The second kappa shape index (κ2) is 9.02. The standard InChI is InChI=1S/C25H28N2O5/c1-25(23(29)30)15-27(16-25)22(28)12-6-7-13-26-24(31)32-14-21-19-10-4-2-8-17(19)18-9-3-5-11-20(18)21/h2-5,8-11,21H,6-7,12-16H2,1H3,(H,26,31)(H,29,30). The first-order valence-electron chi connectivity index (χ1n) is 11.0. The summed E-state index contributed by atoms with van der Waals surface area (Å²) in [6.07, 6.45) is 1.17. The molecule has 0 bridgehead atoms. The van der Waals surface area contributed by atoms with Gasteiger partial charge in [0.2, 0.25) is 5.91 Å². The van der Waals surface area contributed by atoms with E-state index in [9.17, 15) is 14.4 Å². The fourth-order valence-corrected chi connectivity index (χ4v) is 4.51. The minimum Gasteiger partial charge on any atom is -0.481 e. The molecule has 2 amide bonds. The molecule has 2 aliphatic rings. The van der Waals surface area contributed by atoms with Gasteiger partial charge in [-0.05, 0) is 42.0 Å². The van der Waals surface area contributed by atoms with Crippen molar-refractivity contribution < 1.29 is 24.2 Å². The summed E-state index contributed by atoms with van der Waals surface area (Å²) in [4.78, 5) is 36.9. The molecule has 2 aromatic carbocycles. The summed E-state index contributed by atoms with van der Waals surface area (Å²) >= 11 is 0. The SMILES string of the molecule is CC1(C(=O)O)CN(C(=O)CCCCNC(=O)OCC2c3ccccc3-c3ccccc32)C1. The van der Waals surface area contributed by atoms with E-state index in [1.807, 2.05) is 24.3 Å². The molecule has 1 aliphatic carbocycles. The molecule has 1 fully saturated rings. The molecular formula is C25H28N2O5. The Hall–Kier alpha value is -3.35. The molecule has 0 unspecified atom stereocenters. The number of nitrogens with zero attached hydrogens (tertiary/aromatic N) is 1. The number of hydrogen-bond donors (Lipinski definition) is 2. The zero-order chi connectivity index (χ0) is 22.7. The fraction of sp³-hybridized carbons (Fsp3) is 0.400. The lowest BCUT2D eigenvalue weighted by Crippen LogP contribution is -2.60. The lowest BCUT2D eigenvalue weighted by Gasteiger charge is -2.44. The quantitative estimate of drug-likeness (QED) is 0.616. The molecule has 1 saturated heterocycles. The number of carbonyl (C=O) groups is 3. The molecule has 168 valence electrons. The van der Waals surface area contributed by atoms with Crippen LogP contribution in [0.4, 0.5) is 4.79 Å². The van der Waals surface area contributed by atoms with E-state index in [4.69, 9.17) is 9.84 Å². The molecule has 0 spiro atoms. The van der Waals surface area contributed by atoms with Crippen molar-refractivity contribution in [3.63, 3.8) is 0 Å². The summed E-state index contributed by atoms with van der Waals surface area (Å²) in [6.45, 7) is 2.88. The number of benzene rings is 2. The summed E-state index contributed by atoms with van der Waals surface area (Å²) in [5.41, 5.74) is 3.90. The number of fused-ring (bicyclic) bond motifs is 3. The van der Waals surface area contributed by atoms with E-state index >= 15 is 0 Å². The van der Waals surface area contributed by atoms with E-state index in [1.54, 1.807) is 11.8 Å². The molecule has 1 aliphatic heterocycles. The highest BCUT2D eigenvalue weighted by Crippen LogP contribution is 2.44. The minimum absolute atomic E-state index is 0.0267. The molecule has 1 heterocycles. The van der Waals surface area contributed by atoms with E-state index in [2.05, 4.69) is 29.6 Å². The summed E-state index contributed by atoms with van der Waals surface area (Å²) in [5, 5.41) is 11.9. The number of alkyl carbamates (subject to hydrolysis) is 1. The van der Waals surface area contributed by atoms with Gasteiger partial charge in [-0.2, -0.15) is 0 Å². The van der Waals surface area contributed by atoms with Gasteiger partial charge >= 0.3 is 12.1 Å². The molecule has 4 rings (SSSR count). The predicted molar refractivity (Wildman–Crippen MR) is 119 cm³/mol. The number of aliphatic carboxylic acids is 1. The number of unbranched alkanes of at least 4 members (excludes halogenated alkanes) is 1. The van der Waals surface area contributed by atoms with Crippen LogP contribution in [0.2, 0.25) is 0 Å². The summed E-state index contributed by atoms with van der Waals surface area (Å²) in [5.74, 6) is -0.877. The largest absolute Gasteiger partial charge is 0.481 e. The first kappa shape index (κ1) is 21.9. The molecule has 0 aromatic heterocycles. The third-order valence-corrected chi connectivity index (χ3v) is 6.38. The van der Waals surface area contributed by atoms with E-state index in [0.717, 1.165) is 0 Å². The molecule has 0 atom stereocenters. The number of hydrogen-bond acceptors (Lipinski definition) is 4. The van der Waals surface area contributed by atoms with Crippen LogP contribution in [0.25, 0.3) is 11.1 Å². The highest BCUT2D eigenvalue weighted by atomic mass is 16.5. The third-order valence-electron chi connectivity index (χ3n) is 6.38. The number of ether oxygens (including phenoxy) is 1. The van der Waals surface area contributed by atoms with E-state index in [-0.39, 0.29) is 31.5 Å². The lowest BCUT2D eigenvalue weighted by molar-refractivity contribution is -0.163. The normalized spacial score (nSPS) is 16.0. The molecule has 0 saturated carbocycles. The smallest absolute Gasteiger partial charge is 0.407 e. The molecule has 7 nitrogen and oxygen atoms in total. The van der Waals surface area contributed by atoms with Gasteiger partial charge in [0.15, 0.2) is 0 Å². The highest BCUT2D eigenvalue weighted by Gasteiger charge is 2.47. The average Bonchev–Trinajstić information content (AvgIpc) is 3.08.